The first-order chi connectivity index (χ1) is 17.7. The smallest absolute Gasteiger partial charge is 0.294 e. The van der Waals surface area contributed by atoms with Gasteiger partial charge in [0.05, 0.1) is 23.1 Å². The number of hydrogen-bond donors (Lipinski definition) is 0. The quantitative estimate of drug-likeness (QED) is 0.274. The van der Waals surface area contributed by atoms with Crippen LogP contribution in [0, 0.1) is 23.3 Å². The van der Waals surface area contributed by atoms with Crippen molar-refractivity contribution in [3.05, 3.63) is 83.1 Å². The molecule has 0 spiro atoms. The molecule has 2 aromatic carbocycles. The minimum Gasteiger partial charge on any atom is -0.324 e. The van der Waals surface area contributed by atoms with Crippen molar-refractivity contribution in [3.63, 3.8) is 0 Å². The fourth-order valence-electron chi connectivity index (χ4n) is 5.09. The molecule has 2 aromatic heterocycles. The monoisotopic (exact) mass is 512 g/mol. The van der Waals surface area contributed by atoms with Crippen LogP contribution in [0.15, 0.2) is 42.7 Å². The molecule has 0 bridgehead atoms. The number of carbonyl (C=O) groups is 1. The Kier molecular flexibility index (Phi) is 6.30. The Morgan fingerprint density at radius 3 is 2.41 bits per heavy atom. The summed E-state index contributed by atoms with van der Waals surface area (Å²) in [5, 5.41) is 8.91. The van der Waals surface area contributed by atoms with Crippen LogP contribution in [0.1, 0.15) is 54.6 Å². The van der Waals surface area contributed by atoms with Crippen LogP contribution in [0.25, 0.3) is 16.9 Å². The van der Waals surface area contributed by atoms with E-state index in [0.717, 1.165) is 17.7 Å². The van der Waals surface area contributed by atoms with Crippen LogP contribution in [0.4, 0.5) is 17.6 Å². The predicted octanol–water partition coefficient (Wildman–Crippen LogP) is 5.15. The fourth-order valence-corrected chi connectivity index (χ4v) is 5.09. The molecule has 1 amide bonds. The summed E-state index contributed by atoms with van der Waals surface area (Å²) in [6, 6.07) is 6.98. The lowest BCUT2D eigenvalue weighted by Gasteiger charge is -2.40. The summed E-state index contributed by atoms with van der Waals surface area (Å²) in [6.45, 7) is 3.85. The molecule has 5 rings (SSSR count). The molecule has 1 aliphatic heterocycles. The number of fused-ring (bicyclic) bond motifs is 1. The van der Waals surface area contributed by atoms with Gasteiger partial charge in [-0.15, -0.1) is 5.10 Å². The normalized spacial score (nSPS) is 17.2. The second-order valence-corrected chi connectivity index (χ2v) is 8.99. The molecule has 2 atom stereocenters. The summed E-state index contributed by atoms with van der Waals surface area (Å²) in [4.78, 5) is 19.6. The highest BCUT2D eigenvalue weighted by molar-refractivity contribution is 5.91. The van der Waals surface area contributed by atoms with Gasteiger partial charge in [-0.05, 0) is 49.6 Å². The number of nitrogens with zero attached hydrogens (tertiary/aromatic N) is 6. The average Bonchev–Trinajstić information content (AvgIpc) is 3.50. The van der Waals surface area contributed by atoms with E-state index in [2.05, 4.69) is 15.2 Å². The maximum atomic E-state index is 14.0. The highest BCUT2D eigenvalue weighted by Crippen LogP contribution is 2.41. The van der Waals surface area contributed by atoms with Gasteiger partial charge in [-0.1, -0.05) is 19.9 Å². The van der Waals surface area contributed by atoms with Gasteiger partial charge in [-0.3, -0.25) is 9.48 Å². The lowest BCUT2D eigenvalue weighted by molar-refractivity contribution is 0.0500. The van der Waals surface area contributed by atoms with E-state index in [1.807, 2.05) is 13.8 Å². The van der Waals surface area contributed by atoms with Crippen molar-refractivity contribution in [2.45, 2.75) is 45.2 Å². The zero-order valence-electron chi connectivity index (χ0n) is 20.4. The SMILES string of the molecule is CCC1Cc2c(nn(C)c2-c2cc(F)c(F)c(F)c2)C(CC)N1C(=O)c1ncn(-c2cccc(F)c2)n1. The average molecular weight is 513 g/mol. The molecule has 1 aliphatic rings. The topological polar surface area (TPSA) is 68.8 Å². The number of rotatable bonds is 5. The molecular weight excluding hydrogens is 488 g/mol. The van der Waals surface area contributed by atoms with Gasteiger partial charge in [0.1, 0.15) is 12.1 Å². The summed E-state index contributed by atoms with van der Waals surface area (Å²) in [6.07, 6.45) is 2.84. The summed E-state index contributed by atoms with van der Waals surface area (Å²) >= 11 is 0. The summed E-state index contributed by atoms with van der Waals surface area (Å²) in [5.74, 6) is -4.96. The molecule has 11 heteroatoms. The van der Waals surface area contributed by atoms with Crippen LogP contribution in [0.5, 0.6) is 0 Å². The van der Waals surface area contributed by atoms with Crippen molar-refractivity contribution in [3.8, 4) is 16.9 Å². The molecule has 0 N–H and O–H groups in total. The van der Waals surface area contributed by atoms with Gasteiger partial charge in [-0.25, -0.2) is 27.2 Å². The van der Waals surface area contributed by atoms with Crippen molar-refractivity contribution in [2.24, 2.45) is 7.05 Å². The molecule has 2 unspecified atom stereocenters. The second kappa shape index (κ2) is 9.45. The van der Waals surface area contributed by atoms with Crippen LogP contribution >= 0.6 is 0 Å². The van der Waals surface area contributed by atoms with Crippen molar-refractivity contribution < 1.29 is 22.4 Å². The second-order valence-electron chi connectivity index (χ2n) is 8.99. The molecule has 37 heavy (non-hydrogen) atoms. The van der Waals surface area contributed by atoms with Crippen LogP contribution in [0.3, 0.4) is 0 Å². The number of halogens is 4. The number of aryl methyl sites for hydroxylation is 1. The zero-order chi connectivity index (χ0) is 26.4. The summed E-state index contributed by atoms with van der Waals surface area (Å²) in [5.41, 5.74) is 2.44. The minimum absolute atomic E-state index is 0.0385. The van der Waals surface area contributed by atoms with E-state index in [1.165, 1.54) is 33.9 Å². The minimum atomic E-state index is -1.53. The van der Waals surface area contributed by atoms with Gasteiger partial charge < -0.3 is 4.90 Å². The van der Waals surface area contributed by atoms with Crippen molar-refractivity contribution in [1.82, 2.24) is 29.4 Å². The van der Waals surface area contributed by atoms with E-state index in [1.54, 1.807) is 18.0 Å². The zero-order valence-corrected chi connectivity index (χ0v) is 20.4. The Morgan fingerprint density at radius 2 is 1.76 bits per heavy atom. The van der Waals surface area contributed by atoms with Crippen molar-refractivity contribution in [1.29, 1.82) is 0 Å². The van der Waals surface area contributed by atoms with E-state index < -0.39 is 35.2 Å². The third kappa shape index (κ3) is 4.17. The van der Waals surface area contributed by atoms with Gasteiger partial charge in [0, 0.05) is 24.2 Å². The molecule has 3 heterocycles. The summed E-state index contributed by atoms with van der Waals surface area (Å²) in [7, 11) is 1.65. The number of aromatic nitrogens is 5. The third-order valence-corrected chi connectivity index (χ3v) is 6.77. The van der Waals surface area contributed by atoms with Gasteiger partial charge in [0.15, 0.2) is 17.5 Å². The lowest BCUT2D eigenvalue weighted by Crippen LogP contribution is -2.47. The number of carbonyl (C=O) groups excluding carboxylic acids is 1. The predicted molar refractivity (Wildman–Crippen MR) is 127 cm³/mol. The standard InChI is InChI=1S/C26H24F4N6O/c1-4-16-12-18-23(32-34(3)24(18)14-9-19(28)22(30)20(29)10-14)21(5-2)36(16)26(37)25-31-13-35(33-25)17-8-6-7-15(27)11-17/h6-11,13,16,21H,4-5,12H2,1-3H3. The van der Waals surface area contributed by atoms with E-state index in [4.69, 9.17) is 0 Å². The number of amides is 1. The maximum absolute atomic E-state index is 14.0. The lowest BCUT2D eigenvalue weighted by atomic mass is 9.87. The molecule has 0 saturated carbocycles. The van der Waals surface area contributed by atoms with Crippen LogP contribution in [-0.2, 0) is 13.5 Å². The molecule has 192 valence electrons. The van der Waals surface area contributed by atoms with E-state index in [0.29, 0.717) is 36.3 Å². The highest BCUT2D eigenvalue weighted by Gasteiger charge is 2.41. The van der Waals surface area contributed by atoms with Gasteiger partial charge >= 0.3 is 0 Å². The number of hydrogen-bond acceptors (Lipinski definition) is 4. The highest BCUT2D eigenvalue weighted by atomic mass is 19.2. The Bertz CT molecular complexity index is 1470. The van der Waals surface area contributed by atoms with Crippen LogP contribution < -0.4 is 0 Å². The Labute approximate surface area is 210 Å². The molecule has 0 saturated heterocycles. The first kappa shape index (κ1) is 24.7. The van der Waals surface area contributed by atoms with E-state index >= 15 is 0 Å². The molecule has 7 nitrogen and oxygen atoms in total. The van der Waals surface area contributed by atoms with Crippen molar-refractivity contribution in [2.75, 3.05) is 0 Å². The van der Waals surface area contributed by atoms with Crippen molar-refractivity contribution >= 4 is 5.91 Å². The first-order valence-corrected chi connectivity index (χ1v) is 11.9. The van der Waals surface area contributed by atoms with E-state index in [9.17, 15) is 22.4 Å². The van der Waals surface area contributed by atoms with Gasteiger partial charge in [0.25, 0.3) is 5.91 Å². The maximum Gasteiger partial charge on any atom is 0.294 e. The molecule has 0 radical (unpaired) electrons. The number of benzene rings is 2. The van der Waals surface area contributed by atoms with Crippen LogP contribution in [-0.4, -0.2) is 41.4 Å². The largest absolute Gasteiger partial charge is 0.324 e. The molecule has 0 fully saturated rings. The van der Waals surface area contributed by atoms with E-state index in [-0.39, 0.29) is 17.4 Å². The molecule has 0 aliphatic carbocycles. The van der Waals surface area contributed by atoms with Crippen LogP contribution in [0.2, 0.25) is 0 Å². The third-order valence-electron chi connectivity index (χ3n) is 6.77. The Balaban J connectivity index is 1.54. The Hall–Kier alpha value is -4.02. The first-order valence-electron chi connectivity index (χ1n) is 11.9. The summed E-state index contributed by atoms with van der Waals surface area (Å²) < 4.78 is 58.2. The van der Waals surface area contributed by atoms with Gasteiger partial charge in [-0.2, -0.15) is 5.10 Å². The fraction of sp³-hybridized carbons (Fsp3) is 0.308. The molecule has 4 aromatic rings. The molecular formula is C26H24F4N6O. The Morgan fingerprint density at radius 1 is 1.03 bits per heavy atom. The van der Waals surface area contributed by atoms with Gasteiger partial charge in [0.2, 0.25) is 5.82 Å².